The molecule has 3 aromatic rings. The van der Waals surface area contributed by atoms with Crippen LogP contribution in [0.15, 0.2) is 67.5 Å². The van der Waals surface area contributed by atoms with Gasteiger partial charge >= 0.3 is 0 Å². The van der Waals surface area contributed by atoms with E-state index in [0.29, 0.717) is 17.4 Å². The molecule has 5 nitrogen and oxygen atoms in total. The number of fused-ring (bicyclic) bond motifs is 1. The number of halogens is 1. The van der Waals surface area contributed by atoms with Crippen LogP contribution in [-0.2, 0) is 0 Å². The van der Waals surface area contributed by atoms with E-state index in [4.69, 9.17) is 4.98 Å². The summed E-state index contributed by atoms with van der Waals surface area (Å²) in [5.41, 5.74) is 8.28. The van der Waals surface area contributed by atoms with E-state index in [-0.39, 0.29) is 0 Å². The summed E-state index contributed by atoms with van der Waals surface area (Å²) in [6, 6.07) is 13.7. The molecule has 2 aliphatic rings. The number of aryl methyl sites for hydroxylation is 1. The minimum atomic E-state index is -0.495. The third-order valence-electron chi connectivity index (χ3n) is 6.88. The minimum absolute atomic E-state index is 0.495. The van der Waals surface area contributed by atoms with E-state index in [1.165, 1.54) is 11.6 Å². The molecule has 35 heavy (non-hydrogen) atoms. The van der Waals surface area contributed by atoms with Gasteiger partial charge in [0, 0.05) is 53.2 Å². The molecule has 2 aromatic heterocycles. The molecule has 1 fully saturated rings. The Hall–Kier alpha value is -3.93. The summed E-state index contributed by atoms with van der Waals surface area (Å²) in [4.78, 5) is 11.2. The Bertz CT molecular complexity index is 1320. The second-order valence-corrected chi connectivity index (χ2v) is 9.29. The SMILES string of the molecule is C=C1NC=Cc2cc(-c3ccc(F)nc3C)nc(Nc3ccc(C4CCN(C(=C)C)CC4)cc3)c21. The van der Waals surface area contributed by atoms with E-state index < -0.39 is 5.95 Å². The van der Waals surface area contributed by atoms with Crippen molar-refractivity contribution in [1.29, 1.82) is 0 Å². The Morgan fingerprint density at radius 2 is 1.86 bits per heavy atom. The van der Waals surface area contributed by atoms with Crippen LogP contribution in [0.2, 0.25) is 0 Å². The quantitative estimate of drug-likeness (QED) is 0.415. The van der Waals surface area contributed by atoms with Crippen molar-refractivity contribution >= 4 is 23.3 Å². The minimum Gasteiger partial charge on any atom is -0.375 e. The van der Waals surface area contributed by atoms with Gasteiger partial charge in [-0.3, -0.25) is 0 Å². The summed E-state index contributed by atoms with van der Waals surface area (Å²) in [5.74, 6) is 0.771. The first-order valence-electron chi connectivity index (χ1n) is 12.0. The first-order valence-corrected chi connectivity index (χ1v) is 12.0. The van der Waals surface area contributed by atoms with Crippen LogP contribution in [0.3, 0.4) is 0 Å². The predicted molar refractivity (Wildman–Crippen MR) is 141 cm³/mol. The molecule has 0 radical (unpaired) electrons. The van der Waals surface area contributed by atoms with Gasteiger partial charge < -0.3 is 15.5 Å². The van der Waals surface area contributed by atoms with Crippen molar-refractivity contribution in [1.82, 2.24) is 20.2 Å². The standard InChI is InChI=1S/C29H30FN5/c1-18(2)35-15-12-22(13-16-35)21-5-7-24(8-6-21)33-29-28-20(4)31-14-11-23(28)17-26(34-29)25-9-10-27(30)32-19(25)3/h5-11,14,17,22,31H,1,4,12-13,15-16H2,2-3H3,(H,33,34). The molecule has 6 heteroatoms. The van der Waals surface area contributed by atoms with E-state index >= 15 is 0 Å². The summed E-state index contributed by atoms with van der Waals surface area (Å²) in [6.07, 6.45) is 6.13. The molecular weight excluding hydrogens is 437 g/mol. The van der Waals surface area contributed by atoms with E-state index in [1.54, 1.807) is 13.0 Å². The number of nitrogens with one attached hydrogen (secondary N) is 2. The number of allylic oxidation sites excluding steroid dienone is 1. The number of anilines is 2. The molecule has 1 saturated heterocycles. The lowest BCUT2D eigenvalue weighted by Gasteiger charge is -2.34. The monoisotopic (exact) mass is 467 g/mol. The normalized spacial score (nSPS) is 15.5. The van der Waals surface area contributed by atoms with Gasteiger partial charge in [0.05, 0.1) is 5.69 Å². The van der Waals surface area contributed by atoms with Crippen LogP contribution in [0.25, 0.3) is 23.0 Å². The van der Waals surface area contributed by atoms with E-state index in [0.717, 1.165) is 65.4 Å². The molecular formula is C29H30FN5. The zero-order valence-electron chi connectivity index (χ0n) is 20.2. The highest BCUT2D eigenvalue weighted by Crippen LogP contribution is 2.35. The van der Waals surface area contributed by atoms with Crippen LogP contribution < -0.4 is 10.6 Å². The highest BCUT2D eigenvalue weighted by atomic mass is 19.1. The molecule has 0 atom stereocenters. The topological polar surface area (TPSA) is 53.1 Å². The Labute approximate surface area is 206 Å². The number of hydrogen-bond donors (Lipinski definition) is 2. The van der Waals surface area contributed by atoms with Gasteiger partial charge in [-0.1, -0.05) is 25.3 Å². The fraction of sp³-hybridized carbons (Fsp3) is 0.241. The third-order valence-corrected chi connectivity index (χ3v) is 6.88. The van der Waals surface area contributed by atoms with Gasteiger partial charge in [-0.05, 0) is 80.1 Å². The van der Waals surface area contributed by atoms with Crippen LogP contribution >= 0.6 is 0 Å². The average molecular weight is 468 g/mol. The highest BCUT2D eigenvalue weighted by molar-refractivity contribution is 5.86. The second-order valence-electron chi connectivity index (χ2n) is 9.29. The lowest BCUT2D eigenvalue weighted by Crippen LogP contribution is -2.31. The van der Waals surface area contributed by atoms with Gasteiger partial charge in [0.1, 0.15) is 5.82 Å². The summed E-state index contributed by atoms with van der Waals surface area (Å²) >= 11 is 0. The summed E-state index contributed by atoms with van der Waals surface area (Å²) in [7, 11) is 0. The maximum Gasteiger partial charge on any atom is 0.213 e. The molecule has 0 amide bonds. The van der Waals surface area contributed by atoms with Crippen LogP contribution in [0.5, 0.6) is 0 Å². The number of nitrogens with zero attached hydrogens (tertiary/aromatic N) is 3. The zero-order valence-corrected chi connectivity index (χ0v) is 20.2. The molecule has 5 rings (SSSR count). The molecule has 4 heterocycles. The van der Waals surface area contributed by atoms with Crippen LogP contribution in [-0.4, -0.2) is 28.0 Å². The largest absolute Gasteiger partial charge is 0.375 e. The summed E-state index contributed by atoms with van der Waals surface area (Å²) < 4.78 is 13.6. The highest BCUT2D eigenvalue weighted by Gasteiger charge is 2.21. The van der Waals surface area contributed by atoms with Gasteiger partial charge in [0.15, 0.2) is 0 Å². The molecule has 2 aliphatic heterocycles. The van der Waals surface area contributed by atoms with E-state index in [1.807, 2.05) is 18.3 Å². The zero-order chi connectivity index (χ0) is 24.5. The lowest BCUT2D eigenvalue weighted by molar-refractivity contribution is 0.264. The number of pyridine rings is 2. The van der Waals surface area contributed by atoms with Crippen molar-refractivity contribution in [2.24, 2.45) is 0 Å². The third kappa shape index (κ3) is 4.69. The fourth-order valence-corrected chi connectivity index (χ4v) is 4.92. The number of hydrogen-bond acceptors (Lipinski definition) is 5. The van der Waals surface area contributed by atoms with Crippen molar-refractivity contribution in [3.63, 3.8) is 0 Å². The van der Waals surface area contributed by atoms with E-state index in [2.05, 4.69) is 64.9 Å². The first-order chi connectivity index (χ1) is 16.9. The number of likely N-dealkylation sites (tertiary alicyclic amines) is 1. The average Bonchev–Trinajstić information content (AvgIpc) is 2.84. The van der Waals surface area contributed by atoms with Crippen LogP contribution in [0, 0.1) is 12.9 Å². The summed E-state index contributed by atoms with van der Waals surface area (Å²) in [6.45, 7) is 14.2. The predicted octanol–water partition coefficient (Wildman–Crippen LogP) is 6.59. The smallest absolute Gasteiger partial charge is 0.213 e. The van der Waals surface area contributed by atoms with Crippen molar-refractivity contribution in [2.45, 2.75) is 32.6 Å². The summed E-state index contributed by atoms with van der Waals surface area (Å²) in [5, 5.41) is 6.67. The molecule has 2 N–H and O–H groups in total. The number of aromatic nitrogens is 2. The Balaban J connectivity index is 1.43. The van der Waals surface area contributed by atoms with Gasteiger partial charge in [0.25, 0.3) is 0 Å². The second kappa shape index (κ2) is 9.37. The molecule has 1 aromatic carbocycles. The molecule has 0 bridgehead atoms. The number of benzene rings is 1. The Morgan fingerprint density at radius 3 is 2.54 bits per heavy atom. The molecule has 0 aliphatic carbocycles. The van der Waals surface area contributed by atoms with Crippen molar-refractivity contribution < 1.29 is 4.39 Å². The Morgan fingerprint density at radius 1 is 1.11 bits per heavy atom. The molecule has 0 unspecified atom stereocenters. The van der Waals surface area contributed by atoms with Gasteiger partial charge in [-0.25, -0.2) is 9.97 Å². The lowest BCUT2D eigenvalue weighted by atomic mass is 9.89. The van der Waals surface area contributed by atoms with Gasteiger partial charge in [-0.2, -0.15) is 4.39 Å². The van der Waals surface area contributed by atoms with Crippen LogP contribution in [0.4, 0.5) is 15.9 Å². The molecule has 0 saturated carbocycles. The van der Waals surface area contributed by atoms with Gasteiger partial charge in [-0.15, -0.1) is 0 Å². The van der Waals surface area contributed by atoms with Crippen molar-refractivity contribution in [3.8, 4) is 11.3 Å². The van der Waals surface area contributed by atoms with Gasteiger partial charge in [0.2, 0.25) is 5.95 Å². The maximum atomic E-state index is 13.6. The van der Waals surface area contributed by atoms with E-state index in [9.17, 15) is 4.39 Å². The maximum absolute atomic E-state index is 13.6. The fourth-order valence-electron chi connectivity index (χ4n) is 4.92. The Kier molecular flexibility index (Phi) is 6.12. The molecule has 178 valence electrons. The van der Waals surface area contributed by atoms with Crippen molar-refractivity contribution in [3.05, 3.63) is 95.9 Å². The first kappa shape index (κ1) is 22.8. The molecule has 0 spiro atoms. The number of rotatable bonds is 5. The van der Waals surface area contributed by atoms with Crippen LogP contribution in [0.1, 0.15) is 48.1 Å². The van der Waals surface area contributed by atoms with Crippen molar-refractivity contribution in [2.75, 3.05) is 18.4 Å². The number of piperidine rings is 1.